The van der Waals surface area contributed by atoms with Gasteiger partial charge in [-0.25, -0.2) is 0 Å². The molecule has 3 aromatic rings. The van der Waals surface area contributed by atoms with E-state index in [1.54, 1.807) is 6.07 Å². The first-order valence-electron chi connectivity index (χ1n) is 5.87. The van der Waals surface area contributed by atoms with Gasteiger partial charge in [-0.05, 0) is 35.7 Å². The van der Waals surface area contributed by atoms with Crippen LogP contribution in [0.1, 0.15) is 21.7 Å². The summed E-state index contributed by atoms with van der Waals surface area (Å²) in [4.78, 5) is 10.7. The van der Waals surface area contributed by atoms with Crippen LogP contribution < -0.4 is 0 Å². The lowest BCUT2D eigenvalue weighted by Crippen LogP contribution is -1.86. The van der Waals surface area contributed by atoms with Crippen molar-refractivity contribution in [1.82, 2.24) is 0 Å². The van der Waals surface area contributed by atoms with Gasteiger partial charge in [0, 0.05) is 5.39 Å². The quantitative estimate of drug-likeness (QED) is 0.647. The number of fused-ring (bicyclic) bond motifs is 1. The molecular weight excluding hydrogens is 224 g/mol. The van der Waals surface area contributed by atoms with E-state index in [1.165, 1.54) is 11.1 Å². The zero-order valence-corrected chi connectivity index (χ0v) is 9.80. The van der Waals surface area contributed by atoms with Crippen LogP contribution in [0.25, 0.3) is 11.0 Å². The van der Waals surface area contributed by atoms with Crippen LogP contribution in [0.4, 0.5) is 0 Å². The van der Waals surface area contributed by atoms with Crippen LogP contribution in [-0.2, 0) is 6.42 Å². The third-order valence-electron chi connectivity index (χ3n) is 2.97. The number of rotatable bonds is 3. The zero-order valence-electron chi connectivity index (χ0n) is 9.80. The third kappa shape index (κ3) is 2.05. The Bertz CT molecular complexity index is 681. The van der Waals surface area contributed by atoms with Crippen molar-refractivity contribution in [1.29, 1.82) is 0 Å². The van der Waals surface area contributed by atoms with Gasteiger partial charge in [-0.1, -0.05) is 36.4 Å². The highest BCUT2D eigenvalue weighted by Crippen LogP contribution is 2.21. The van der Waals surface area contributed by atoms with Crippen molar-refractivity contribution in [3.05, 3.63) is 71.5 Å². The van der Waals surface area contributed by atoms with Crippen molar-refractivity contribution in [3.63, 3.8) is 0 Å². The Hall–Kier alpha value is -2.35. The fourth-order valence-electron chi connectivity index (χ4n) is 2.11. The minimum Gasteiger partial charge on any atom is -0.453 e. The molecule has 0 aliphatic rings. The van der Waals surface area contributed by atoms with E-state index in [0.29, 0.717) is 5.76 Å². The van der Waals surface area contributed by atoms with E-state index in [-0.39, 0.29) is 0 Å². The molecule has 0 fully saturated rings. The lowest BCUT2D eigenvalue weighted by molar-refractivity contribution is 0.110. The molecule has 0 saturated heterocycles. The monoisotopic (exact) mass is 236 g/mol. The molecule has 0 N–H and O–H groups in total. The van der Waals surface area contributed by atoms with Gasteiger partial charge < -0.3 is 4.42 Å². The third-order valence-corrected chi connectivity index (χ3v) is 2.97. The topological polar surface area (TPSA) is 30.2 Å². The summed E-state index contributed by atoms with van der Waals surface area (Å²) < 4.78 is 5.35. The van der Waals surface area contributed by atoms with E-state index in [4.69, 9.17) is 4.42 Å². The van der Waals surface area contributed by atoms with Crippen molar-refractivity contribution >= 4 is 17.3 Å². The fourth-order valence-corrected chi connectivity index (χ4v) is 2.11. The van der Waals surface area contributed by atoms with Crippen LogP contribution in [0.3, 0.4) is 0 Å². The number of benzene rings is 2. The molecule has 0 saturated carbocycles. The molecule has 88 valence electrons. The minimum atomic E-state index is 0.377. The maximum Gasteiger partial charge on any atom is 0.185 e. The summed E-state index contributed by atoms with van der Waals surface area (Å²) in [5.41, 5.74) is 3.25. The molecule has 0 aliphatic heterocycles. The summed E-state index contributed by atoms with van der Waals surface area (Å²) >= 11 is 0. The number of hydrogen-bond donors (Lipinski definition) is 0. The van der Waals surface area contributed by atoms with E-state index in [0.717, 1.165) is 23.7 Å². The van der Waals surface area contributed by atoms with Gasteiger partial charge in [0.2, 0.25) is 0 Å². The summed E-state index contributed by atoms with van der Waals surface area (Å²) in [7, 11) is 0. The largest absolute Gasteiger partial charge is 0.453 e. The van der Waals surface area contributed by atoms with Crippen molar-refractivity contribution in [3.8, 4) is 0 Å². The van der Waals surface area contributed by atoms with Crippen molar-refractivity contribution < 1.29 is 9.21 Å². The molecule has 1 heterocycles. The van der Waals surface area contributed by atoms with Crippen molar-refractivity contribution in [2.75, 3.05) is 0 Å². The molecular formula is C16H12O2. The summed E-state index contributed by atoms with van der Waals surface area (Å²) in [6, 6.07) is 18.1. The lowest BCUT2D eigenvalue weighted by atomic mass is 10.0. The number of hydrogen-bond acceptors (Lipinski definition) is 2. The van der Waals surface area contributed by atoms with Gasteiger partial charge in [-0.2, -0.15) is 0 Å². The van der Waals surface area contributed by atoms with Crippen LogP contribution in [0.5, 0.6) is 0 Å². The smallest absolute Gasteiger partial charge is 0.185 e. The molecule has 0 amide bonds. The number of furan rings is 1. The highest BCUT2D eigenvalue weighted by atomic mass is 16.3. The maximum absolute atomic E-state index is 10.7. The Balaban J connectivity index is 1.95. The Labute approximate surface area is 105 Å². The highest BCUT2D eigenvalue weighted by Gasteiger charge is 2.04. The van der Waals surface area contributed by atoms with E-state index in [1.807, 2.05) is 30.3 Å². The Morgan fingerprint density at radius 1 is 0.944 bits per heavy atom. The van der Waals surface area contributed by atoms with Gasteiger partial charge in [0.1, 0.15) is 5.58 Å². The molecule has 3 rings (SSSR count). The molecule has 0 bridgehead atoms. The van der Waals surface area contributed by atoms with E-state index in [2.05, 4.69) is 18.2 Å². The first kappa shape index (κ1) is 10.8. The number of aldehydes is 1. The fraction of sp³-hybridized carbons (Fsp3) is 0.0625. The van der Waals surface area contributed by atoms with E-state index < -0.39 is 0 Å². The number of carbonyl (C=O) groups is 1. The molecule has 2 heteroatoms. The van der Waals surface area contributed by atoms with Gasteiger partial charge in [0.15, 0.2) is 12.0 Å². The Morgan fingerprint density at radius 2 is 1.78 bits per heavy atom. The van der Waals surface area contributed by atoms with Gasteiger partial charge in [0.05, 0.1) is 0 Å². The second kappa shape index (κ2) is 4.49. The highest BCUT2D eigenvalue weighted by molar-refractivity contribution is 5.85. The molecule has 0 unspecified atom stereocenters. The molecule has 0 atom stereocenters. The van der Waals surface area contributed by atoms with Gasteiger partial charge in [-0.3, -0.25) is 4.79 Å². The first-order chi connectivity index (χ1) is 8.85. The van der Waals surface area contributed by atoms with Crippen LogP contribution >= 0.6 is 0 Å². The lowest BCUT2D eigenvalue weighted by Gasteiger charge is -2.01. The second-order valence-corrected chi connectivity index (χ2v) is 4.30. The van der Waals surface area contributed by atoms with Crippen molar-refractivity contribution in [2.45, 2.75) is 6.42 Å². The van der Waals surface area contributed by atoms with Gasteiger partial charge in [0.25, 0.3) is 0 Å². The molecule has 2 aromatic carbocycles. The van der Waals surface area contributed by atoms with Crippen LogP contribution in [0.2, 0.25) is 0 Å². The van der Waals surface area contributed by atoms with Crippen LogP contribution in [0.15, 0.2) is 59.0 Å². The summed E-state index contributed by atoms with van der Waals surface area (Å²) in [6.45, 7) is 0. The van der Waals surface area contributed by atoms with Crippen molar-refractivity contribution in [2.24, 2.45) is 0 Å². The average molecular weight is 236 g/mol. The SMILES string of the molecule is O=Cc1cc2cc(Cc3ccccc3)ccc2o1. The predicted molar refractivity (Wildman–Crippen MR) is 70.8 cm³/mol. The molecule has 18 heavy (non-hydrogen) atoms. The minimum absolute atomic E-state index is 0.377. The standard InChI is InChI=1S/C16H12O2/c17-11-15-10-14-9-13(6-7-16(14)18-15)8-12-4-2-1-3-5-12/h1-7,9-11H,8H2. The first-order valence-corrected chi connectivity index (χ1v) is 5.87. The molecule has 2 nitrogen and oxygen atoms in total. The molecule has 1 aromatic heterocycles. The van der Waals surface area contributed by atoms with Gasteiger partial charge in [-0.15, -0.1) is 0 Å². The Kier molecular flexibility index (Phi) is 2.69. The molecule has 0 radical (unpaired) electrons. The van der Waals surface area contributed by atoms with Crippen LogP contribution in [-0.4, -0.2) is 6.29 Å². The average Bonchev–Trinajstić information content (AvgIpc) is 2.82. The van der Waals surface area contributed by atoms with E-state index >= 15 is 0 Å². The summed E-state index contributed by atoms with van der Waals surface area (Å²) in [6.07, 6.45) is 1.62. The van der Waals surface area contributed by atoms with Crippen LogP contribution in [0, 0.1) is 0 Å². The normalized spacial score (nSPS) is 10.7. The summed E-state index contributed by atoms with van der Waals surface area (Å²) in [5, 5.41) is 0.977. The van der Waals surface area contributed by atoms with Gasteiger partial charge >= 0.3 is 0 Å². The van der Waals surface area contributed by atoms with E-state index in [9.17, 15) is 4.79 Å². The Morgan fingerprint density at radius 3 is 2.56 bits per heavy atom. The second-order valence-electron chi connectivity index (χ2n) is 4.30. The maximum atomic E-state index is 10.7. The molecule has 0 spiro atoms. The number of carbonyl (C=O) groups excluding carboxylic acids is 1. The predicted octanol–water partition coefficient (Wildman–Crippen LogP) is 3.84. The summed E-state index contributed by atoms with van der Waals surface area (Å²) in [5.74, 6) is 0.377. The molecule has 0 aliphatic carbocycles. The zero-order chi connectivity index (χ0) is 12.4.